The van der Waals surface area contributed by atoms with Crippen LogP contribution >= 0.6 is 0 Å². The van der Waals surface area contributed by atoms with E-state index in [2.05, 4.69) is 10.6 Å². The molecule has 2 N–H and O–H groups in total. The first-order valence-corrected chi connectivity index (χ1v) is 9.32. The molecule has 0 bridgehead atoms. The lowest BCUT2D eigenvalue weighted by atomic mass is 10.1. The van der Waals surface area contributed by atoms with Crippen LogP contribution < -0.4 is 10.6 Å². The van der Waals surface area contributed by atoms with E-state index in [4.69, 9.17) is 0 Å². The van der Waals surface area contributed by atoms with Crippen LogP contribution in [0, 0.1) is 12.8 Å². The highest BCUT2D eigenvalue weighted by Gasteiger charge is 2.22. The standard InChI is InChI=1S/C22H26N2O2/c1-16-9-11-17(12-10-16)14-21(25)23-15-18-5-4-8-20(13-18)24-22(26)19-6-2-3-7-19/h4-5,8-13,19H,2-3,6-7,14-15H2,1H3,(H,23,25)(H,24,26). The van der Waals surface area contributed by atoms with Gasteiger partial charge in [0.05, 0.1) is 6.42 Å². The minimum absolute atomic E-state index is 0.00533. The van der Waals surface area contributed by atoms with Gasteiger partial charge in [-0.25, -0.2) is 0 Å². The van der Waals surface area contributed by atoms with Crippen molar-refractivity contribution in [3.8, 4) is 0 Å². The van der Waals surface area contributed by atoms with Crippen molar-refractivity contribution in [3.63, 3.8) is 0 Å². The van der Waals surface area contributed by atoms with Gasteiger partial charge in [0.15, 0.2) is 0 Å². The average molecular weight is 350 g/mol. The second-order valence-corrected chi connectivity index (χ2v) is 7.11. The van der Waals surface area contributed by atoms with Crippen LogP contribution in [0.25, 0.3) is 0 Å². The van der Waals surface area contributed by atoms with Gasteiger partial charge in [0.25, 0.3) is 0 Å². The first-order valence-electron chi connectivity index (χ1n) is 9.32. The molecule has 0 aromatic heterocycles. The number of amides is 2. The van der Waals surface area contributed by atoms with Crippen LogP contribution in [-0.2, 0) is 22.6 Å². The van der Waals surface area contributed by atoms with Crippen LogP contribution in [0.2, 0.25) is 0 Å². The highest BCUT2D eigenvalue weighted by molar-refractivity contribution is 5.92. The molecule has 0 heterocycles. The highest BCUT2D eigenvalue weighted by atomic mass is 16.2. The Labute approximate surface area is 155 Å². The molecule has 0 unspecified atom stereocenters. The fourth-order valence-corrected chi connectivity index (χ4v) is 3.35. The molecule has 1 aliphatic rings. The molecule has 4 heteroatoms. The zero-order valence-electron chi connectivity index (χ0n) is 15.3. The monoisotopic (exact) mass is 350 g/mol. The minimum Gasteiger partial charge on any atom is -0.352 e. The van der Waals surface area contributed by atoms with Gasteiger partial charge in [0, 0.05) is 18.2 Å². The fourth-order valence-electron chi connectivity index (χ4n) is 3.35. The van der Waals surface area contributed by atoms with Gasteiger partial charge in [-0.1, -0.05) is 54.8 Å². The first-order chi connectivity index (χ1) is 12.6. The van der Waals surface area contributed by atoms with Crippen LogP contribution in [0.3, 0.4) is 0 Å². The average Bonchev–Trinajstić information content (AvgIpc) is 3.17. The largest absolute Gasteiger partial charge is 0.352 e. The number of carbonyl (C=O) groups excluding carboxylic acids is 2. The summed E-state index contributed by atoms with van der Waals surface area (Å²) in [5, 5.41) is 5.95. The molecule has 2 amide bonds. The van der Waals surface area contributed by atoms with Crippen molar-refractivity contribution >= 4 is 17.5 Å². The normalized spacial score (nSPS) is 14.2. The molecule has 1 saturated carbocycles. The molecule has 4 nitrogen and oxygen atoms in total. The third kappa shape index (κ3) is 5.19. The van der Waals surface area contributed by atoms with Gasteiger partial charge in [-0.15, -0.1) is 0 Å². The van der Waals surface area contributed by atoms with E-state index in [1.165, 1.54) is 5.56 Å². The molecule has 1 fully saturated rings. The molecule has 26 heavy (non-hydrogen) atoms. The quantitative estimate of drug-likeness (QED) is 0.828. The Hall–Kier alpha value is -2.62. The van der Waals surface area contributed by atoms with Crippen molar-refractivity contribution in [2.24, 2.45) is 5.92 Å². The van der Waals surface area contributed by atoms with Gasteiger partial charge in [-0.2, -0.15) is 0 Å². The maximum atomic E-state index is 12.2. The molecule has 0 saturated heterocycles. The lowest BCUT2D eigenvalue weighted by Gasteiger charge is -2.12. The molecular weight excluding hydrogens is 324 g/mol. The zero-order valence-corrected chi connectivity index (χ0v) is 15.3. The summed E-state index contributed by atoms with van der Waals surface area (Å²) >= 11 is 0. The van der Waals surface area contributed by atoms with Crippen LogP contribution in [0.1, 0.15) is 42.4 Å². The van der Waals surface area contributed by atoms with Crippen molar-refractivity contribution in [2.45, 2.75) is 45.6 Å². The van der Waals surface area contributed by atoms with Crippen molar-refractivity contribution in [1.82, 2.24) is 5.32 Å². The summed E-state index contributed by atoms with van der Waals surface area (Å²) in [4.78, 5) is 24.4. The highest BCUT2D eigenvalue weighted by Crippen LogP contribution is 2.26. The predicted molar refractivity (Wildman–Crippen MR) is 104 cm³/mol. The van der Waals surface area contributed by atoms with Crippen LogP contribution in [-0.4, -0.2) is 11.8 Å². The summed E-state index contributed by atoms with van der Waals surface area (Å²) in [5.41, 5.74) is 3.97. The summed E-state index contributed by atoms with van der Waals surface area (Å²) in [7, 11) is 0. The lowest BCUT2D eigenvalue weighted by Crippen LogP contribution is -2.24. The lowest BCUT2D eigenvalue weighted by molar-refractivity contribution is -0.121. The van der Waals surface area contributed by atoms with E-state index < -0.39 is 0 Å². The molecule has 0 atom stereocenters. The summed E-state index contributed by atoms with van der Waals surface area (Å²) < 4.78 is 0. The Morgan fingerprint density at radius 2 is 1.73 bits per heavy atom. The summed E-state index contributed by atoms with van der Waals surface area (Å²) in [6.07, 6.45) is 4.63. The maximum absolute atomic E-state index is 12.2. The van der Waals surface area contributed by atoms with E-state index in [1.807, 2.05) is 55.5 Å². The van der Waals surface area contributed by atoms with Crippen LogP contribution in [0.5, 0.6) is 0 Å². The van der Waals surface area contributed by atoms with Gasteiger partial charge >= 0.3 is 0 Å². The number of hydrogen-bond acceptors (Lipinski definition) is 2. The van der Waals surface area contributed by atoms with E-state index >= 15 is 0 Å². The van der Waals surface area contributed by atoms with E-state index in [-0.39, 0.29) is 17.7 Å². The predicted octanol–water partition coefficient (Wildman–Crippen LogP) is 3.98. The molecule has 2 aromatic rings. The maximum Gasteiger partial charge on any atom is 0.227 e. The van der Waals surface area contributed by atoms with Crippen molar-refractivity contribution in [2.75, 3.05) is 5.32 Å². The Morgan fingerprint density at radius 3 is 2.46 bits per heavy atom. The number of nitrogens with one attached hydrogen (secondary N) is 2. The molecule has 0 aliphatic heterocycles. The fraction of sp³-hybridized carbons (Fsp3) is 0.364. The number of carbonyl (C=O) groups is 2. The van der Waals surface area contributed by atoms with Crippen LogP contribution in [0.4, 0.5) is 5.69 Å². The number of hydrogen-bond donors (Lipinski definition) is 2. The Bertz CT molecular complexity index is 762. The summed E-state index contributed by atoms with van der Waals surface area (Å²) in [5.74, 6) is 0.255. The second-order valence-electron chi connectivity index (χ2n) is 7.11. The zero-order chi connectivity index (χ0) is 18.4. The second kappa shape index (κ2) is 8.65. The third-order valence-electron chi connectivity index (χ3n) is 4.90. The third-order valence-corrected chi connectivity index (χ3v) is 4.90. The van der Waals surface area contributed by atoms with Gasteiger partial charge < -0.3 is 10.6 Å². The van der Waals surface area contributed by atoms with E-state index in [0.29, 0.717) is 13.0 Å². The van der Waals surface area contributed by atoms with E-state index in [1.54, 1.807) is 0 Å². The van der Waals surface area contributed by atoms with Gasteiger partial charge in [-0.3, -0.25) is 9.59 Å². The Kier molecular flexibility index (Phi) is 6.05. The molecule has 3 rings (SSSR count). The molecule has 0 radical (unpaired) electrons. The SMILES string of the molecule is Cc1ccc(CC(=O)NCc2cccc(NC(=O)C3CCCC3)c2)cc1. The first kappa shape index (κ1) is 18.2. The van der Waals surface area contributed by atoms with E-state index in [9.17, 15) is 9.59 Å². The van der Waals surface area contributed by atoms with Crippen molar-refractivity contribution in [3.05, 3.63) is 65.2 Å². The molecular formula is C22H26N2O2. The van der Waals surface area contributed by atoms with Gasteiger partial charge in [-0.05, 0) is 43.0 Å². The summed E-state index contributed by atoms with van der Waals surface area (Å²) in [6, 6.07) is 15.7. The number of aryl methyl sites for hydroxylation is 1. The summed E-state index contributed by atoms with van der Waals surface area (Å²) in [6.45, 7) is 2.49. The Balaban J connectivity index is 1.50. The van der Waals surface area contributed by atoms with Gasteiger partial charge in [0.2, 0.25) is 11.8 Å². The molecule has 0 spiro atoms. The smallest absolute Gasteiger partial charge is 0.227 e. The number of rotatable bonds is 6. The van der Waals surface area contributed by atoms with Crippen molar-refractivity contribution in [1.29, 1.82) is 0 Å². The number of benzene rings is 2. The molecule has 2 aromatic carbocycles. The van der Waals surface area contributed by atoms with Crippen LogP contribution in [0.15, 0.2) is 48.5 Å². The van der Waals surface area contributed by atoms with E-state index in [0.717, 1.165) is 42.5 Å². The Morgan fingerprint density at radius 1 is 1.00 bits per heavy atom. The van der Waals surface area contributed by atoms with Crippen molar-refractivity contribution < 1.29 is 9.59 Å². The minimum atomic E-state index is -0.00533. The van der Waals surface area contributed by atoms with Gasteiger partial charge in [0.1, 0.15) is 0 Å². The molecule has 136 valence electrons. The topological polar surface area (TPSA) is 58.2 Å². The number of anilines is 1. The molecule has 1 aliphatic carbocycles.